The Morgan fingerprint density at radius 2 is 0.694 bits per heavy atom. The van der Waals surface area contributed by atoms with E-state index in [1.807, 2.05) is 0 Å². The molecule has 2 unspecified atom stereocenters. The molecule has 2 nitrogen and oxygen atoms in total. The number of hydrogen-bond acceptors (Lipinski definition) is 4. The Morgan fingerprint density at radius 1 is 0.444 bits per heavy atom. The molecular formula is C32H62O2S2. The van der Waals surface area contributed by atoms with Gasteiger partial charge in [-0.1, -0.05) is 180 Å². The van der Waals surface area contributed by atoms with Crippen LogP contribution in [0, 0.1) is 0 Å². The van der Waals surface area contributed by atoms with E-state index in [-0.39, 0.29) is 10.2 Å². The van der Waals surface area contributed by atoms with Gasteiger partial charge >= 0.3 is 0 Å². The van der Waals surface area contributed by atoms with Gasteiger partial charge in [-0.15, -0.1) is 0 Å². The summed E-state index contributed by atoms with van der Waals surface area (Å²) in [6.45, 7) is 8.88. The van der Waals surface area contributed by atoms with E-state index in [4.69, 9.17) is 0 Å². The maximum Gasteiger partial charge on any atom is 0.189 e. The standard InChI is InChI=1S/C32H62O2S2/c1-5-7-9-11-13-15-17-19-21-23-25-29(3)35-31(33)27-28-32(34)36-30(4)26-24-22-20-18-16-14-12-10-8-6-2/h29-30H,5-28H2,1-4H3. The van der Waals surface area contributed by atoms with Crippen LogP contribution in [0.1, 0.15) is 182 Å². The van der Waals surface area contributed by atoms with E-state index in [0.717, 1.165) is 12.8 Å². The fourth-order valence-corrected chi connectivity index (χ4v) is 6.63. The summed E-state index contributed by atoms with van der Waals surface area (Å²) in [5.41, 5.74) is 0. The van der Waals surface area contributed by atoms with E-state index in [2.05, 4.69) is 27.7 Å². The minimum absolute atomic E-state index is 0.200. The van der Waals surface area contributed by atoms with E-state index in [1.165, 1.54) is 152 Å². The van der Waals surface area contributed by atoms with Crippen LogP contribution in [0.4, 0.5) is 0 Å². The molecule has 0 amide bonds. The smallest absolute Gasteiger partial charge is 0.189 e. The van der Waals surface area contributed by atoms with Crippen LogP contribution >= 0.6 is 23.5 Å². The Kier molecular flexibility index (Phi) is 28.1. The first-order valence-corrected chi connectivity index (χ1v) is 17.6. The molecule has 214 valence electrons. The molecule has 0 aliphatic rings. The van der Waals surface area contributed by atoms with Crippen LogP contribution in [-0.4, -0.2) is 20.7 Å². The lowest BCUT2D eigenvalue weighted by Crippen LogP contribution is -2.07. The van der Waals surface area contributed by atoms with E-state index in [9.17, 15) is 9.59 Å². The van der Waals surface area contributed by atoms with E-state index >= 15 is 0 Å². The second-order valence-electron chi connectivity index (χ2n) is 11.0. The van der Waals surface area contributed by atoms with Crippen LogP contribution in [0.2, 0.25) is 0 Å². The SMILES string of the molecule is CCCCCCCCCCCCC(C)SC(=O)CCC(=O)SC(C)CCCCCCCCCCCC. The van der Waals surface area contributed by atoms with Crippen LogP contribution in [0.15, 0.2) is 0 Å². The van der Waals surface area contributed by atoms with Crippen LogP contribution in [0.5, 0.6) is 0 Å². The highest BCUT2D eigenvalue weighted by molar-refractivity contribution is 8.14. The van der Waals surface area contributed by atoms with Gasteiger partial charge in [0.05, 0.1) is 0 Å². The summed E-state index contributed by atoms with van der Waals surface area (Å²) in [5, 5.41) is 1.16. The van der Waals surface area contributed by atoms with Crippen molar-refractivity contribution in [3.05, 3.63) is 0 Å². The molecule has 0 bridgehead atoms. The predicted molar refractivity (Wildman–Crippen MR) is 166 cm³/mol. The Bertz CT molecular complexity index is 451. The number of hydrogen-bond donors (Lipinski definition) is 0. The topological polar surface area (TPSA) is 34.1 Å². The normalized spacial score (nSPS) is 13.1. The van der Waals surface area contributed by atoms with Crippen molar-refractivity contribution in [3.63, 3.8) is 0 Å². The Balaban J connectivity index is 3.57. The van der Waals surface area contributed by atoms with Crippen LogP contribution in [0.25, 0.3) is 0 Å². The summed E-state index contributed by atoms with van der Waals surface area (Å²) < 4.78 is 0. The van der Waals surface area contributed by atoms with Crippen LogP contribution in [0.3, 0.4) is 0 Å². The van der Waals surface area contributed by atoms with Gasteiger partial charge < -0.3 is 0 Å². The quantitative estimate of drug-likeness (QED) is 0.0966. The highest BCUT2D eigenvalue weighted by Crippen LogP contribution is 2.24. The molecular weight excluding hydrogens is 480 g/mol. The van der Waals surface area contributed by atoms with Gasteiger partial charge in [0, 0.05) is 23.3 Å². The molecule has 0 spiro atoms. The van der Waals surface area contributed by atoms with Gasteiger partial charge in [-0.25, -0.2) is 0 Å². The van der Waals surface area contributed by atoms with Gasteiger partial charge in [-0.05, 0) is 12.8 Å². The van der Waals surface area contributed by atoms with Crippen molar-refractivity contribution in [1.29, 1.82) is 0 Å². The average Bonchev–Trinajstić information content (AvgIpc) is 2.85. The van der Waals surface area contributed by atoms with E-state index < -0.39 is 0 Å². The minimum Gasteiger partial charge on any atom is -0.287 e. The number of carbonyl (C=O) groups excluding carboxylic acids is 2. The first-order valence-electron chi connectivity index (χ1n) is 15.9. The minimum atomic E-state index is 0.200. The molecule has 0 fully saturated rings. The van der Waals surface area contributed by atoms with Gasteiger partial charge in [-0.3, -0.25) is 9.59 Å². The van der Waals surface area contributed by atoms with Gasteiger partial charge in [0.25, 0.3) is 0 Å². The summed E-state index contributed by atoms with van der Waals surface area (Å²) in [7, 11) is 0. The fraction of sp³-hybridized carbons (Fsp3) is 0.938. The van der Waals surface area contributed by atoms with Crippen molar-refractivity contribution < 1.29 is 9.59 Å². The second-order valence-corrected chi connectivity index (χ2v) is 14.0. The third kappa shape index (κ3) is 27.1. The lowest BCUT2D eigenvalue weighted by molar-refractivity contribution is -0.115. The lowest BCUT2D eigenvalue weighted by Gasteiger charge is -2.11. The fourth-order valence-electron chi connectivity index (χ4n) is 4.73. The zero-order chi connectivity index (χ0) is 26.7. The first kappa shape index (κ1) is 36.0. The van der Waals surface area contributed by atoms with Crippen molar-refractivity contribution in [2.24, 2.45) is 0 Å². The van der Waals surface area contributed by atoms with Gasteiger partial charge in [-0.2, -0.15) is 0 Å². The maximum atomic E-state index is 12.3. The maximum absolute atomic E-state index is 12.3. The summed E-state index contributed by atoms with van der Waals surface area (Å²) in [4.78, 5) is 24.6. The molecule has 0 heterocycles. The molecule has 0 aromatic heterocycles. The van der Waals surface area contributed by atoms with Gasteiger partial charge in [0.15, 0.2) is 10.2 Å². The lowest BCUT2D eigenvalue weighted by atomic mass is 10.1. The first-order chi connectivity index (χ1) is 17.5. The monoisotopic (exact) mass is 542 g/mol. The number of unbranched alkanes of at least 4 members (excludes halogenated alkanes) is 18. The van der Waals surface area contributed by atoms with E-state index in [0.29, 0.717) is 23.3 Å². The van der Waals surface area contributed by atoms with E-state index in [1.54, 1.807) is 0 Å². The predicted octanol–water partition coefficient (Wildman–Crippen LogP) is 11.7. The molecule has 0 aromatic rings. The highest BCUT2D eigenvalue weighted by atomic mass is 32.2. The number of thioether (sulfide) groups is 2. The average molecular weight is 543 g/mol. The molecule has 0 N–H and O–H groups in total. The summed E-state index contributed by atoms with van der Waals surface area (Å²) in [5.74, 6) is 0. The molecule has 0 rings (SSSR count). The van der Waals surface area contributed by atoms with Crippen molar-refractivity contribution >= 4 is 33.8 Å². The molecule has 0 aliphatic heterocycles. The Labute approximate surface area is 235 Å². The molecule has 2 atom stereocenters. The summed E-state index contributed by atoms with van der Waals surface area (Å²) >= 11 is 2.94. The largest absolute Gasteiger partial charge is 0.287 e. The molecule has 0 saturated carbocycles. The molecule has 0 radical (unpaired) electrons. The van der Waals surface area contributed by atoms with Crippen LogP contribution < -0.4 is 0 Å². The molecule has 0 saturated heterocycles. The third-order valence-corrected chi connectivity index (χ3v) is 9.34. The van der Waals surface area contributed by atoms with Crippen molar-refractivity contribution in [2.75, 3.05) is 0 Å². The molecule has 0 aliphatic carbocycles. The summed E-state index contributed by atoms with van der Waals surface area (Å²) in [6.07, 6.45) is 30.1. The highest BCUT2D eigenvalue weighted by Gasteiger charge is 2.14. The Morgan fingerprint density at radius 3 is 0.972 bits per heavy atom. The second kappa shape index (κ2) is 28.1. The van der Waals surface area contributed by atoms with Crippen molar-refractivity contribution in [1.82, 2.24) is 0 Å². The third-order valence-electron chi connectivity index (χ3n) is 7.13. The van der Waals surface area contributed by atoms with Crippen LogP contribution in [-0.2, 0) is 9.59 Å². The zero-order valence-electron chi connectivity index (χ0n) is 24.8. The number of carbonyl (C=O) groups is 2. The number of rotatable bonds is 27. The molecule has 36 heavy (non-hydrogen) atoms. The van der Waals surface area contributed by atoms with Gasteiger partial charge in [0.2, 0.25) is 0 Å². The summed E-state index contributed by atoms with van der Waals surface area (Å²) in [6, 6.07) is 0. The van der Waals surface area contributed by atoms with Crippen molar-refractivity contribution in [2.45, 2.75) is 192 Å². The van der Waals surface area contributed by atoms with Gasteiger partial charge in [0.1, 0.15) is 0 Å². The van der Waals surface area contributed by atoms with Crippen molar-refractivity contribution in [3.8, 4) is 0 Å². The Hall–Kier alpha value is 0.0400. The molecule has 4 heteroatoms. The molecule has 0 aromatic carbocycles. The zero-order valence-corrected chi connectivity index (χ0v) is 26.4.